The molecule has 0 aromatic carbocycles. The fraction of sp³-hybridized carbons (Fsp3) is 0.766. The van der Waals surface area contributed by atoms with Gasteiger partial charge in [-0.15, -0.1) is 0 Å². The van der Waals surface area contributed by atoms with Crippen LogP contribution in [0.2, 0.25) is 0 Å². The Hall–Kier alpha value is -2.63. The summed E-state index contributed by atoms with van der Waals surface area (Å²) in [4.78, 5) is 13.1. The van der Waals surface area contributed by atoms with Gasteiger partial charge in [-0.3, -0.25) is 4.79 Å². The Morgan fingerprint density at radius 2 is 0.863 bits per heavy atom. The van der Waals surface area contributed by atoms with E-state index in [1.807, 2.05) is 6.08 Å². The zero-order valence-electron chi connectivity index (χ0n) is 46.9. The summed E-state index contributed by atoms with van der Waals surface area (Å²) in [6.45, 7) is 3.65. The number of allylic oxidation sites excluding steroid dienone is 13. The minimum Gasteiger partial charge on any atom is -0.394 e. The number of carbonyl (C=O) groups is 1. The molecule has 6 N–H and O–H groups in total. The van der Waals surface area contributed by atoms with Crippen molar-refractivity contribution in [3.8, 4) is 0 Å². The van der Waals surface area contributed by atoms with Crippen molar-refractivity contribution >= 4 is 5.91 Å². The first-order valence-electron chi connectivity index (χ1n) is 30.3. The standard InChI is InChI=1S/C64H113NO8/c1-3-5-7-9-11-13-15-17-19-21-22-23-24-25-26-27-28-29-30-31-32-33-34-35-36-38-40-42-44-46-48-50-52-54-60(68)65-57(56-72-64-63(71)62(70)61(69)59(55-66)73-64)58(67)53-51-49-47-45-43-41-39-37-20-18-16-14-12-10-8-6-4-2/h5,7,11,13,17,19-20,22-23,37,43,45,51,53,57-59,61-64,66-67,69-71H,3-4,6,8-10,12,14-16,18,21,24-36,38-42,44,46-50,52,54-56H2,1-2H3,(H,65,68)/b7-5-,13-11-,19-17-,23-22-,37-20+,45-43+,53-51+. The van der Waals surface area contributed by atoms with Crippen LogP contribution in [0.3, 0.4) is 0 Å². The van der Waals surface area contributed by atoms with Crippen LogP contribution in [0.4, 0.5) is 0 Å². The SMILES string of the molecule is CC/C=C\C/C=C\C/C=C\C/C=C\CCCCCCCCCCCCCCCCCCCCCCC(=O)NC(COC1OC(CO)C(O)C(O)C1O)C(O)/C=C/CC/C=C/CC/C=C/CCCCCCCCC. The van der Waals surface area contributed by atoms with Crippen LogP contribution in [0.15, 0.2) is 85.1 Å². The molecule has 9 heteroatoms. The lowest BCUT2D eigenvalue weighted by Crippen LogP contribution is -2.60. The first-order chi connectivity index (χ1) is 35.8. The molecule has 1 amide bonds. The molecule has 1 aliphatic rings. The highest BCUT2D eigenvalue weighted by molar-refractivity contribution is 5.76. The number of carbonyl (C=O) groups excluding carboxylic acids is 1. The predicted octanol–water partition coefficient (Wildman–Crippen LogP) is 15.4. The van der Waals surface area contributed by atoms with E-state index in [0.717, 1.165) is 77.0 Å². The predicted molar refractivity (Wildman–Crippen MR) is 308 cm³/mol. The van der Waals surface area contributed by atoms with Gasteiger partial charge in [-0.25, -0.2) is 0 Å². The lowest BCUT2D eigenvalue weighted by atomic mass is 9.99. The molecule has 73 heavy (non-hydrogen) atoms. The molecule has 7 unspecified atom stereocenters. The Labute approximate surface area is 448 Å². The van der Waals surface area contributed by atoms with Crippen LogP contribution in [-0.4, -0.2) is 87.5 Å². The second-order valence-corrected chi connectivity index (χ2v) is 20.7. The van der Waals surface area contributed by atoms with E-state index < -0.39 is 49.5 Å². The van der Waals surface area contributed by atoms with E-state index in [4.69, 9.17) is 9.47 Å². The van der Waals surface area contributed by atoms with Crippen molar-refractivity contribution in [3.05, 3.63) is 85.1 Å². The van der Waals surface area contributed by atoms with Gasteiger partial charge in [0, 0.05) is 6.42 Å². The molecular formula is C64H113NO8. The van der Waals surface area contributed by atoms with Crippen molar-refractivity contribution in [1.29, 1.82) is 0 Å². The summed E-state index contributed by atoms with van der Waals surface area (Å²) in [5, 5.41) is 54.5. The highest BCUT2D eigenvalue weighted by atomic mass is 16.7. The number of aliphatic hydroxyl groups is 5. The van der Waals surface area contributed by atoms with Crippen LogP contribution in [0, 0.1) is 0 Å². The molecule has 422 valence electrons. The number of aliphatic hydroxyl groups excluding tert-OH is 5. The van der Waals surface area contributed by atoms with Gasteiger partial charge in [0.1, 0.15) is 24.4 Å². The summed E-state index contributed by atoms with van der Waals surface area (Å²) in [5.41, 5.74) is 0. The van der Waals surface area contributed by atoms with Crippen molar-refractivity contribution < 1.29 is 39.8 Å². The average molecular weight is 1020 g/mol. The second-order valence-electron chi connectivity index (χ2n) is 20.7. The zero-order valence-corrected chi connectivity index (χ0v) is 46.9. The van der Waals surface area contributed by atoms with Gasteiger partial charge < -0.3 is 40.3 Å². The maximum atomic E-state index is 13.1. The molecule has 0 aromatic heterocycles. The van der Waals surface area contributed by atoms with E-state index in [0.29, 0.717) is 6.42 Å². The summed E-state index contributed by atoms with van der Waals surface area (Å²) < 4.78 is 11.3. The van der Waals surface area contributed by atoms with Crippen LogP contribution in [0.5, 0.6) is 0 Å². The highest BCUT2D eigenvalue weighted by Crippen LogP contribution is 2.23. The third-order valence-electron chi connectivity index (χ3n) is 13.9. The van der Waals surface area contributed by atoms with E-state index in [9.17, 15) is 30.3 Å². The first kappa shape index (κ1) is 68.4. The van der Waals surface area contributed by atoms with Gasteiger partial charge in [0.2, 0.25) is 5.91 Å². The van der Waals surface area contributed by atoms with Crippen LogP contribution in [-0.2, 0) is 14.3 Å². The van der Waals surface area contributed by atoms with Crippen molar-refractivity contribution in [2.75, 3.05) is 13.2 Å². The summed E-state index contributed by atoms with van der Waals surface area (Å²) in [5.74, 6) is -0.190. The van der Waals surface area contributed by atoms with Gasteiger partial charge in [0.05, 0.1) is 25.4 Å². The van der Waals surface area contributed by atoms with Gasteiger partial charge in [-0.1, -0.05) is 253 Å². The first-order valence-corrected chi connectivity index (χ1v) is 30.3. The van der Waals surface area contributed by atoms with Crippen LogP contribution in [0.1, 0.15) is 258 Å². The number of unbranched alkanes of at least 4 members (excludes halogenated alkanes) is 29. The van der Waals surface area contributed by atoms with E-state index in [1.54, 1.807) is 6.08 Å². The Kier molecular flexibility index (Phi) is 49.5. The maximum Gasteiger partial charge on any atom is 0.220 e. The topological polar surface area (TPSA) is 149 Å². The Morgan fingerprint density at radius 3 is 1.32 bits per heavy atom. The monoisotopic (exact) mass is 1020 g/mol. The molecule has 1 fully saturated rings. The van der Waals surface area contributed by atoms with Crippen LogP contribution < -0.4 is 5.32 Å². The largest absolute Gasteiger partial charge is 0.394 e. The maximum absolute atomic E-state index is 13.1. The third kappa shape index (κ3) is 42.2. The molecule has 1 heterocycles. The van der Waals surface area contributed by atoms with Crippen molar-refractivity contribution in [1.82, 2.24) is 5.32 Å². The van der Waals surface area contributed by atoms with E-state index in [2.05, 4.69) is 92.1 Å². The summed E-state index contributed by atoms with van der Waals surface area (Å²) in [6.07, 6.45) is 68.1. The molecule has 1 saturated heterocycles. The molecule has 1 rings (SSSR count). The number of amides is 1. The lowest BCUT2D eigenvalue weighted by Gasteiger charge is -2.40. The molecule has 0 bridgehead atoms. The van der Waals surface area contributed by atoms with Gasteiger partial charge in [0.15, 0.2) is 6.29 Å². The fourth-order valence-corrected chi connectivity index (χ4v) is 9.18. The molecule has 0 saturated carbocycles. The van der Waals surface area contributed by atoms with Crippen molar-refractivity contribution in [3.63, 3.8) is 0 Å². The van der Waals surface area contributed by atoms with Crippen molar-refractivity contribution in [2.45, 2.75) is 301 Å². The van der Waals surface area contributed by atoms with E-state index >= 15 is 0 Å². The molecule has 0 aliphatic carbocycles. The minimum atomic E-state index is -1.58. The number of ether oxygens (including phenoxy) is 2. The number of nitrogens with one attached hydrogen (secondary N) is 1. The van der Waals surface area contributed by atoms with Gasteiger partial charge >= 0.3 is 0 Å². The van der Waals surface area contributed by atoms with Gasteiger partial charge in [-0.2, -0.15) is 0 Å². The summed E-state index contributed by atoms with van der Waals surface area (Å²) in [6, 6.07) is -0.831. The van der Waals surface area contributed by atoms with Crippen molar-refractivity contribution in [2.24, 2.45) is 0 Å². The second kappa shape index (κ2) is 52.8. The Bertz CT molecular complexity index is 1420. The molecule has 0 radical (unpaired) electrons. The van der Waals surface area contributed by atoms with E-state index in [1.165, 1.54) is 161 Å². The lowest BCUT2D eigenvalue weighted by molar-refractivity contribution is -0.302. The normalized spacial score (nSPS) is 19.7. The van der Waals surface area contributed by atoms with Crippen LogP contribution >= 0.6 is 0 Å². The fourth-order valence-electron chi connectivity index (χ4n) is 9.18. The summed E-state index contributed by atoms with van der Waals surface area (Å²) in [7, 11) is 0. The number of hydrogen-bond acceptors (Lipinski definition) is 8. The minimum absolute atomic E-state index is 0.190. The van der Waals surface area contributed by atoms with Gasteiger partial charge in [-0.05, 0) is 83.5 Å². The van der Waals surface area contributed by atoms with Gasteiger partial charge in [0.25, 0.3) is 0 Å². The molecule has 0 aromatic rings. The van der Waals surface area contributed by atoms with E-state index in [-0.39, 0.29) is 12.5 Å². The molecule has 0 spiro atoms. The third-order valence-corrected chi connectivity index (χ3v) is 13.9. The average Bonchev–Trinajstić information content (AvgIpc) is 3.39. The molecule has 7 atom stereocenters. The van der Waals surface area contributed by atoms with Crippen LogP contribution in [0.25, 0.3) is 0 Å². The Balaban J connectivity index is 2.16. The zero-order chi connectivity index (χ0) is 52.9. The quantitative estimate of drug-likeness (QED) is 0.0261. The number of rotatable bonds is 51. The molecule has 1 aliphatic heterocycles. The highest BCUT2D eigenvalue weighted by Gasteiger charge is 2.44. The smallest absolute Gasteiger partial charge is 0.220 e. The Morgan fingerprint density at radius 1 is 0.479 bits per heavy atom. The molecule has 9 nitrogen and oxygen atoms in total. The molecular weight excluding hydrogens is 911 g/mol. The summed E-state index contributed by atoms with van der Waals surface area (Å²) >= 11 is 0. The number of hydrogen-bond donors (Lipinski definition) is 6.